The second kappa shape index (κ2) is 9.17. The fourth-order valence-corrected chi connectivity index (χ4v) is 2.30. The molecule has 0 aliphatic rings. The number of rotatable bonds is 9. The minimum Gasteiger partial charge on any atom is -0.356 e. The van der Waals surface area contributed by atoms with E-state index in [2.05, 4.69) is 41.4 Å². The zero-order chi connectivity index (χ0) is 17.4. The van der Waals surface area contributed by atoms with Crippen molar-refractivity contribution < 1.29 is 9.32 Å². The van der Waals surface area contributed by atoms with Crippen LogP contribution in [-0.2, 0) is 11.2 Å². The molecule has 0 bridgehead atoms. The molecule has 0 saturated carbocycles. The molecule has 0 saturated heterocycles. The first-order chi connectivity index (χ1) is 11.6. The summed E-state index contributed by atoms with van der Waals surface area (Å²) in [6, 6.07) is 8.14. The van der Waals surface area contributed by atoms with Gasteiger partial charge < -0.3 is 15.6 Å². The Hall–Kier alpha value is -2.21. The van der Waals surface area contributed by atoms with Crippen LogP contribution in [0.2, 0.25) is 0 Å². The molecule has 1 heterocycles. The van der Waals surface area contributed by atoms with Gasteiger partial charge in [-0.2, -0.15) is 4.98 Å². The van der Waals surface area contributed by atoms with Crippen molar-refractivity contribution in [3.05, 3.63) is 35.7 Å². The summed E-state index contributed by atoms with van der Waals surface area (Å²) in [5.74, 6) is 1.52. The first-order valence-electron chi connectivity index (χ1n) is 8.50. The van der Waals surface area contributed by atoms with Crippen molar-refractivity contribution in [1.29, 1.82) is 0 Å². The van der Waals surface area contributed by atoms with Crippen molar-refractivity contribution in [2.45, 2.75) is 45.4 Å². The summed E-state index contributed by atoms with van der Waals surface area (Å²) in [6.07, 6.45) is 2.61. The predicted molar refractivity (Wildman–Crippen MR) is 93.4 cm³/mol. The topological polar surface area (TPSA) is 94.0 Å². The minimum atomic E-state index is -0.00643. The maximum Gasteiger partial charge on any atom is 0.227 e. The molecule has 0 aliphatic heterocycles. The molecule has 6 nitrogen and oxygen atoms in total. The molecule has 3 N–H and O–H groups in total. The van der Waals surface area contributed by atoms with Gasteiger partial charge in [-0.05, 0) is 30.9 Å². The Bertz CT molecular complexity index is 635. The number of carbonyl (C=O) groups excluding carboxylic acids is 1. The monoisotopic (exact) mass is 330 g/mol. The number of nitrogens with one attached hydrogen (secondary N) is 1. The zero-order valence-corrected chi connectivity index (χ0v) is 14.4. The average Bonchev–Trinajstić information content (AvgIpc) is 3.06. The van der Waals surface area contributed by atoms with E-state index in [-0.39, 0.29) is 5.91 Å². The van der Waals surface area contributed by atoms with Gasteiger partial charge in [-0.25, -0.2) is 0 Å². The highest BCUT2D eigenvalue weighted by Gasteiger charge is 2.11. The van der Waals surface area contributed by atoms with E-state index in [0.29, 0.717) is 43.6 Å². The van der Waals surface area contributed by atoms with Crippen molar-refractivity contribution in [3.8, 4) is 11.4 Å². The van der Waals surface area contributed by atoms with Crippen molar-refractivity contribution in [1.82, 2.24) is 15.5 Å². The Morgan fingerprint density at radius 1 is 1.25 bits per heavy atom. The Morgan fingerprint density at radius 2 is 2.00 bits per heavy atom. The van der Waals surface area contributed by atoms with Gasteiger partial charge in [0, 0.05) is 24.9 Å². The van der Waals surface area contributed by atoms with Gasteiger partial charge in [-0.3, -0.25) is 4.79 Å². The van der Waals surface area contributed by atoms with Crippen LogP contribution in [0, 0.1) is 0 Å². The molecule has 1 aromatic carbocycles. The van der Waals surface area contributed by atoms with Crippen LogP contribution in [0.5, 0.6) is 0 Å². The largest absolute Gasteiger partial charge is 0.356 e. The number of nitrogens with two attached hydrogens (primary N) is 1. The number of carbonyl (C=O) groups is 1. The fourth-order valence-electron chi connectivity index (χ4n) is 2.30. The minimum absolute atomic E-state index is 0.00643. The van der Waals surface area contributed by atoms with E-state index >= 15 is 0 Å². The number of benzene rings is 1. The van der Waals surface area contributed by atoms with Crippen molar-refractivity contribution >= 4 is 5.91 Å². The molecule has 2 rings (SSSR count). The molecule has 2 aromatic rings. The molecule has 1 amide bonds. The predicted octanol–water partition coefficient (Wildman–Crippen LogP) is 2.65. The van der Waals surface area contributed by atoms with Gasteiger partial charge in [0.2, 0.25) is 17.6 Å². The third kappa shape index (κ3) is 5.45. The van der Waals surface area contributed by atoms with E-state index in [1.807, 2.05) is 12.1 Å². The molecule has 1 aromatic heterocycles. The molecule has 0 aliphatic carbocycles. The van der Waals surface area contributed by atoms with Crippen LogP contribution in [0.25, 0.3) is 11.4 Å². The smallest absolute Gasteiger partial charge is 0.227 e. The lowest BCUT2D eigenvalue weighted by molar-refractivity contribution is -0.121. The molecule has 0 spiro atoms. The molecule has 0 fully saturated rings. The summed E-state index contributed by atoms with van der Waals surface area (Å²) in [6.45, 7) is 5.62. The Morgan fingerprint density at radius 3 is 2.67 bits per heavy atom. The van der Waals surface area contributed by atoms with E-state index in [1.54, 1.807) is 0 Å². The molecule has 0 atom stereocenters. The summed E-state index contributed by atoms with van der Waals surface area (Å²) in [4.78, 5) is 16.1. The lowest BCUT2D eigenvalue weighted by Gasteiger charge is -2.04. The van der Waals surface area contributed by atoms with E-state index in [1.165, 1.54) is 5.56 Å². The Kier molecular flexibility index (Phi) is 6.93. The molecule has 0 unspecified atom stereocenters. The third-order valence-electron chi connectivity index (χ3n) is 3.82. The fraction of sp³-hybridized carbons (Fsp3) is 0.500. The summed E-state index contributed by atoms with van der Waals surface area (Å²) in [5, 5.41) is 6.85. The Labute approximate surface area is 142 Å². The highest BCUT2D eigenvalue weighted by molar-refractivity contribution is 5.75. The standard InChI is InChI=1S/C18H26N4O2/c1-13(2)14-5-7-15(8-6-14)18-21-17(24-22-18)10-9-16(23)20-12-4-3-11-19/h5-8,13H,3-4,9-12,19H2,1-2H3,(H,20,23). The maximum atomic E-state index is 11.7. The first-order valence-corrected chi connectivity index (χ1v) is 8.50. The normalized spacial score (nSPS) is 11.0. The number of hydrogen-bond acceptors (Lipinski definition) is 5. The number of nitrogens with zero attached hydrogens (tertiary/aromatic N) is 2. The molecule has 0 radical (unpaired) electrons. The van der Waals surface area contributed by atoms with E-state index in [0.717, 1.165) is 18.4 Å². The van der Waals surface area contributed by atoms with E-state index in [4.69, 9.17) is 10.3 Å². The molecule has 24 heavy (non-hydrogen) atoms. The van der Waals surface area contributed by atoms with Gasteiger partial charge in [0.1, 0.15) is 0 Å². The van der Waals surface area contributed by atoms with Crippen molar-refractivity contribution in [2.24, 2.45) is 5.73 Å². The first kappa shape index (κ1) is 18.1. The van der Waals surface area contributed by atoms with Crippen LogP contribution in [0.3, 0.4) is 0 Å². The quantitative estimate of drug-likeness (QED) is 0.689. The summed E-state index contributed by atoms with van der Waals surface area (Å²) < 4.78 is 5.23. The van der Waals surface area contributed by atoms with Gasteiger partial charge in [0.25, 0.3) is 0 Å². The molecular formula is C18H26N4O2. The Balaban J connectivity index is 1.83. The molecular weight excluding hydrogens is 304 g/mol. The van der Waals surface area contributed by atoms with Gasteiger partial charge in [0.05, 0.1) is 0 Å². The number of hydrogen-bond donors (Lipinski definition) is 2. The average molecular weight is 330 g/mol. The van der Waals surface area contributed by atoms with Gasteiger partial charge >= 0.3 is 0 Å². The number of amides is 1. The van der Waals surface area contributed by atoms with Crippen LogP contribution in [0.4, 0.5) is 0 Å². The van der Waals surface area contributed by atoms with Crippen molar-refractivity contribution in [3.63, 3.8) is 0 Å². The third-order valence-corrected chi connectivity index (χ3v) is 3.82. The maximum absolute atomic E-state index is 11.7. The molecule has 6 heteroatoms. The van der Waals surface area contributed by atoms with Crippen LogP contribution in [0.15, 0.2) is 28.8 Å². The summed E-state index contributed by atoms with van der Waals surface area (Å²) >= 11 is 0. The number of aromatic nitrogens is 2. The van der Waals surface area contributed by atoms with Crippen LogP contribution >= 0.6 is 0 Å². The van der Waals surface area contributed by atoms with Gasteiger partial charge in [-0.1, -0.05) is 43.3 Å². The number of aryl methyl sites for hydroxylation is 1. The lowest BCUT2D eigenvalue weighted by Crippen LogP contribution is -2.25. The van der Waals surface area contributed by atoms with E-state index < -0.39 is 0 Å². The van der Waals surface area contributed by atoms with Gasteiger partial charge in [-0.15, -0.1) is 0 Å². The zero-order valence-electron chi connectivity index (χ0n) is 14.4. The van der Waals surface area contributed by atoms with Crippen molar-refractivity contribution in [2.75, 3.05) is 13.1 Å². The highest BCUT2D eigenvalue weighted by Crippen LogP contribution is 2.20. The highest BCUT2D eigenvalue weighted by atomic mass is 16.5. The second-order valence-electron chi connectivity index (χ2n) is 6.13. The van der Waals surface area contributed by atoms with Gasteiger partial charge in [0.15, 0.2) is 0 Å². The van der Waals surface area contributed by atoms with E-state index in [9.17, 15) is 4.79 Å². The number of unbranched alkanes of at least 4 members (excludes halogenated alkanes) is 1. The van der Waals surface area contributed by atoms with Crippen LogP contribution in [-0.4, -0.2) is 29.1 Å². The summed E-state index contributed by atoms with van der Waals surface area (Å²) in [5.41, 5.74) is 7.60. The second-order valence-corrected chi connectivity index (χ2v) is 6.13. The summed E-state index contributed by atoms with van der Waals surface area (Å²) in [7, 11) is 0. The SMILES string of the molecule is CC(C)c1ccc(-c2noc(CCC(=O)NCCCCN)n2)cc1. The van der Waals surface area contributed by atoms with Crippen LogP contribution in [0.1, 0.15) is 50.5 Å². The lowest BCUT2D eigenvalue weighted by atomic mass is 10.0. The van der Waals surface area contributed by atoms with Crippen LogP contribution < -0.4 is 11.1 Å². The molecule has 130 valence electrons.